The van der Waals surface area contributed by atoms with Crippen molar-refractivity contribution in [3.63, 3.8) is 0 Å². The molecule has 0 rings (SSSR count). The van der Waals surface area contributed by atoms with Crippen molar-refractivity contribution in [1.29, 1.82) is 0 Å². The quantitative estimate of drug-likeness (QED) is 0.0346. The zero-order valence-corrected chi connectivity index (χ0v) is 42.0. The molecule has 0 aromatic carbocycles. The van der Waals surface area contributed by atoms with Crippen LogP contribution in [0.5, 0.6) is 0 Å². The van der Waals surface area contributed by atoms with Crippen LogP contribution in [0.15, 0.2) is 97.2 Å². The molecule has 0 saturated heterocycles. The van der Waals surface area contributed by atoms with Crippen molar-refractivity contribution in [3.05, 3.63) is 97.2 Å². The van der Waals surface area contributed by atoms with Crippen molar-refractivity contribution in [1.82, 2.24) is 0 Å². The fraction of sp³-hybridized carbons (Fsp3) is 0.695. The fourth-order valence-corrected chi connectivity index (χ4v) is 7.14. The van der Waals surface area contributed by atoms with E-state index in [1.54, 1.807) is 0 Å². The maximum atomic E-state index is 12.8. The van der Waals surface area contributed by atoms with Gasteiger partial charge in [0.1, 0.15) is 6.61 Å². The third-order valence-electron chi connectivity index (χ3n) is 11.1. The summed E-state index contributed by atoms with van der Waals surface area (Å²) < 4.78 is 17.3. The van der Waals surface area contributed by atoms with Gasteiger partial charge < -0.3 is 14.2 Å². The van der Waals surface area contributed by atoms with Gasteiger partial charge in [-0.1, -0.05) is 227 Å². The van der Waals surface area contributed by atoms with Gasteiger partial charge in [-0.25, -0.2) is 0 Å². The van der Waals surface area contributed by atoms with E-state index in [2.05, 4.69) is 118 Å². The van der Waals surface area contributed by atoms with Crippen molar-refractivity contribution in [2.24, 2.45) is 0 Å². The van der Waals surface area contributed by atoms with Gasteiger partial charge in [0.15, 0.2) is 6.10 Å². The summed E-state index contributed by atoms with van der Waals surface area (Å²) in [5.74, 6) is -0.508. The molecule has 0 heterocycles. The van der Waals surface area contributed by atoms with E-state index in [1.807, 2.05) is 0 Å². The first-order valence-electron chi connectivity index (χ1n) is 26.8. The lowest BCUT2D eigenvalue weighted by molar-refractivity contribution is -0.162. The predicted octanol–water partition coefficient (Wildman–Crippen LogP) is 18.2. The Balaban J connectivity index is 4.42. The number of carbonyl (C=O) groups is 2. The van der Waals surface area contributed by atoms with Crippen LogP contribution in [-0.4, -0.2) is 37.9 Å². The highest BCUT2D eigenvalue weighted by atomic mass is 16.6. The van der Waals surface area contributed by atoms with E-state index >= 15 is 0 Å². The molecule has 0 fully saturated rings. The zero-order valence-electron chi connectivity index (χ0n) is 42.0. The monoisotopic (exact) mass is 889 g/mol. The Kier molecular flexibility index (Phi) is 51.5. The molecule has 0 bridgehead atoms. The van der Waals surface area contributed by atoms with Crippen molar-refractivity contribution in [2.75, 3.05) is 19.8 Å². The third kappa shape index (κ3) is 51.5. The van der Waals surface area contributed by atoms with Crippen molar-refractivity contribution in [3.8, 4) is 0 Å². The number of hydrogen-bond donors (Lipinski definition) is 0. The lowest BCUT2D eigenvalue weighted by Gasteiger charge is -2.18. The maximum Gasteiger partial charge on any atom is 0.306 e. The van der Waals surface area contributed by atoms with Crippen molar-refractivity contribution in [2.45, 2.75) is 245 Å². The second-order valence-electron chi connectivity index (χ2n) is 17.4. The molecule has 5 nitrogen and oxygen atoms in total. The lowest BCUT2D eigenvalue weighted by atomic mass is 10.0. The average Bonchev–Trinajstić information content (AvgIpc) is 3.30. The number of esters is 2. The summed E-state index contributed by atoms with van der Waals surface area (Å²) in [6.07, 6.45) is 72.8. The normalized spacial score (nSPS) is 13.0. The van der Waals surface area contributed by atoms with Crippen LogP contribution < -0.4 is 0 Å². The van der Waals surface area contributed by atoms with Crippen LogP contribution in [0.2, 0.25) is 0 Å². The summed E-state index contributed by atoms with van der Waals surface area (Å²) in [4.78, 5) is 25.4. The summed E-state index contributed by atoms with van der Waals surface area (Å²) in [5.41, 5.74) is 0. The highest BCUT2D eigenvalue weighted by Gasteiger charge is 2.17. The molecule has 0 saturated carbocycles. The molecule has 0 spiro atoms. The number of allylic oxidation sites excluding steroid dienone is 16. The van der Waals surface area contributed by atoms with Crippen molar-refractivity contribution >= 4 is 11.9 Å². The molecule has 0 aromatic rings. The van der Waals surface area contributed by atoms with Crippen LogP contribution in [0.1, 0.15) is 239 Å². The molecule has 0 aliphatic heterocycles. The fourth-order valence-electron chi connectivity index (χ4n) is 7.14. The van der Waals surface area contributed by atoms with Gasteiger partial charge in [-0.2, -0.15) is 0 Å². The highest BCUT2D eigenvalue weighted by Crippen LogP contribution is 2.14. The third-order valence-corrected chi connectivity index (χ3v) is 11.1. The second-order valence-corrected chi connectivity index (χ2v) is 17.4. The summed E-state index contributed by atoms with van der Waals surface area (Å²) in [6.45, 7) is 7.60. The van der Waals surface area contributed by atoms with Crippen LogP contribution in [0.25, 0.3) is 0 Å². The highest BCUT2D eigenvalue weighted by molar-refractivity contribution is 5.70. The minimum atomic E-state index is -0.582. The lowest BCUT2D eigenvalue weighted by Crippen LogP contribution is -2.30. The SMILES string of the molecule is CC/C=C\C/C=C\C/C=C\C/C=C\C/C=C\CCCC(=O)OC[C@@H](COCCCCCCCCCCCCCCCCCC)OC(=O)CCCC/C=C\C/C=C\C/C=C\CCCCC. The van der Waals surface area contributed by atoms with E-state index < -0.39 is 6.10 Å². The Morgan fingerprint density at radius 2 is 0.719 bits per heavy atom. The summed E-state index contributed by atoms with van der Waals surface area (Å²) >= 11 is 0. The number of carbonyl (C=O) groups excluding carboxylic acids is 2. The van der Waals surface area contributed by atoms with E-state index in [1.165, 1.54) is 116 Å². The predicted molar refractivity (Wildman–Crippen MR) is 279 cm³/mol. The Morgan fingerprint density at radius 1 is 0.359 bits per heavy atom. The summed E-state index contributed by atoms with van der Waals surface area (Å²) in [6, 6.07) is 0. The van der Waals surface area contributed by atoms with Gasteiger partial charge in [-0.15, -0.1) is 0 Å². The molecule has 1 atom stereocenters. The van der Waals surface area contributed by atoms with Crippen molar-refractivity contribution < 1.29 is 23.8 Å². The standard InChI is InChI=1S/C59H100O5/c1-4-7-10-13-16-19-22-25-28-30-32-34-37-40-43-46-49-52-58(60)63-56-57(55-62-54-51-48-45-42-39-36-33-29-26-23-20-17-14-11-8-5-2)64-59(61)53-50-47-44-41-38-35-31-27-24-21-18-15-12-9-6-3/h7,10,16,18-19,21,25,27-28,31-32,34,38,40-41,43,57H,4-6,8-9,11-15,17,20,22-24,26,29-30,33,35-37,39,42,44-56H2,1-3H3/b10-7-,19-16-,21-18-,28-25-,31-27-,34-32-,41-38-,43-40-/t57-/m1/s1. The van der Waals surface area contributed by atoms with E-state index in [-0.39, 0.29) is 25.2 Å². The average molecular weight is 889 g/mol. The largest absolute Gasteiger partial charge is 0.462 e. The molecule has 0 aromatic heterocycles. The maximum absolute atomic E-state index is 12.8. The van der Waals surface area contributed by atoms with Gasteiger partial charge in [-0.05, 0) is 96.3 Å². The van der Waals surface area contributed by atoms with Crippen LogP contribution in [-0.2, 0) is 23.8 Å². The number of hydrogen-bond acceptors (Lipinski definition) is 5. The Morgan fingerprint density at radius 3 is 1.17 bits per heavy atom. The molecule has 0 amide bonds. The molecule has 0 N–H and O–H groups in total. The van der Waals surface area contributed by atoms with E-state index in [4.69, 9.17) is 14.2 Å². The van der Waals surface area contributed by atoms with Crippen LogP contribution >= 0.6 is 0 Å². The van der Waals surface area contributed by atoms with Gasteiger partial charge in [0.25, 0.3) is 0 Å². The molecule has 366 valence electrons. The summed E-state index contributed by atoms with van der Waals surface area (Å²) in [7, 11) is 0. The van der Waals surface area contributed by atoms with Gasteiger partial charge in [-0.3, -0.25) is 9.59 Å². The first-order chi connectivity index (χ1) is 31.6. The van der Waals surface area contributed by atoms with Gasteiger partial charge in [0, 0.05) is 19.4 Å². The number of unbranched alkanes of at least 4 members (excludes halogenated alkanes) is 21. The van der Waals surface area contributed by atoms with Gasteiger partial charge in [0.2, 0.25) is 0 Å². The molecule has 0 aliphatic carbocycles. The molecule has 64 heavy (non-hydrogen) atoms. The second kappa shape index (κ2) is 54.2. The minimum Gasteiger partial charge on any atom is -0.462 e. The van der Waals surface area contributed by atoms with E-state index in [9.17, 15) is 9.59 Å². The molecule has 0 aliphatic rings. The molecular formula is C59H100O5. The van der Waals surface area contributed by atoms with E-state index in [0.717, 1.165) is 89.9 Å². The smallest absolute Gasteiger partial charge is 0.306 e. The first-order valence-corrected chi connectivity index (χ1v) is 26.8. The molecule has 5 heteroatoms. The van der Waals surface area contributed by atoms with Crippen LogP contribution in [0, 0.1) is 0 Å². The Hall–Kier alpha value is -3.18. The van der Waals surface area contributed by atoms with Gasteiger partial charge >= 0.3 is 11.9 Å². The van der Waals surface area contributed by atoms with Crippen LogP contribution in [0.4, 0.5) is 0 Å². The van der Waals surface area contributed by atoms with Crippen LogP contribution in [0.3, 0.4) is 0 Å². The number of ether oxygens (including phenoxy) is 3. The summed E-state index contributed by atoms with van der Waals surface area (Å²) in [5, 5.41) is 0. The first kappa shape index (κ1) is 60.8. The zero-order chi connectivity index (χ0) is 46.3. The molecular weight excluding hydrogens is 789 g/mol. The Bertz CT molecular complexity index is 1230. The van der Waals surface area contributed by atoms with E-state index in [0.29, 0.717) is 19.4 Å². The molecule has 0 radical (unpaired) electrons. The van der Waals surface area contributed by atoms with Gasteiger partial charge in [0.05, 0.1) is 6.61 Å². The topological polar surface area (TPSA) is 61.8 Å². The minimum absolute atomic E-state index is 0.0378. The Labute approximate surface area is 396 Å². The molecule has 0 unspecified atom stereocenters. The number of rotatable bonds is 48.